The van der Waals surface area contributed by atoms with Crippen LogP contribution in [0.25, 0.3) is 0 Å². The van der Waals surface area contributed by atoms with Crippen LogP contribution in [-0.2, 0) is 11.2 Å². The number of ketones is 1. The summed E-state index contributed by atoms with van der Waals surface area (Å²) in [6.07, 6.45) is 11.1. The van der Waals surface area contributed by atoms with E-state index in [0.29, 0.717) is 11.7 Å². The highest BCUT2D eigenvalue weighted by Gasteiger charge is 2.34. The fourth-order valence-electron chi connectivity index (χ4n) is 4.03. The lowest BCUT2D eigenvalue weighted by molar-refractivity contribution is -0.126. The Bertz CT molecular complexity index is 474. The molecule has 1 aromatic rings. The Morgan fingerprint density at radius 1 is 1.25 bits per heavy atom. The molecule has 0 aliphatic heterocycles. The quantitative estimate of drug-likeness (QED) is 0.821. The molecule has 1 heterocycles. The molecule has 1 atom stereocenters. The summed E-state index contributed by atoms with van der Waals surface area (Å²) in [5.74, 6) is 1.73. The van der Waals surface area contributed by atoms with Gasteiger partial charge in [-0.3, -0.25) is 9.78 Å². The number of aryl methyl sites for hydroxylation is 1. The van der Waals surface area contributed by atoms with Gasteiger partial charge >= 0.3 is 0 Å². The maximum atomic E-state index is 12.9. The molecule has 0 spiro atoms. The third-order valence-electron chi connectivity index (χ3n) is 5.36. The molecule has 0 N–H and O–H groups in total. The average Bonchev–Trinajstić information content (AvgIpc) is 2.54. The first-order valence-corrected chi connectivity index (χ1v) is 8.27. The molecule has 1 fully saturated rings. The minimum atomic E-state index is 0.0862. The van der Waals surface area contributed by atoms with Gasteiger partial charge in [0.2, 0.25) is 0 Å². The van der Waals surface area contributed by atoms with Crippen LogP contribution in [0.5, 0.6) is 0 Å². The Morgan fingerprint density at radius 2 is 2.05 bits per heavy atom. The van der Waals surface area contributed by atoms with Crippen molar-refractivity contribution in [1.29, 1.82) is 0 Å². The topological polar surface area (TPSA) is 30.0 Å². The van der Waals surface area contributed by atoms with Crippen LogP contribution in [0, 0.1) is 11.8 Å². The number of carbonyl (C=O) groups is 1. The number of rotatable bonds is 3. The summed E-state index contributed by atoms with van der Waals surface area (Å²) in [5.41, 5.74) is 2.39. The maximum absolute atomic E-state index is 12.9. The van der Waals surface area contributed by atoms with Gasteiger partial charge in [-0.25, -0.2) is 0 Å². The Hall–Kier alpha value is -1.18. The van der Waals surface area contributed by atoms with E-state index in [0.717, 1.165) is 43.7 Å². The van der Waals surface area contributed by atoms with E-state index < -0.39 is 0 Å². The van der Waals surface area contributed by atoms with Crippen molar-refractivity contribution in [2.45, 2.75) is 64.2 Å². The third kappa shape index (κ3) is 2.65. The van der Waals surface area contributed by atoms with Crippen molar-refractivity contribution in [2.75, 3.05) is 0 Å². The van der Waals surface area contributed by atoms with Gasteiger partial charge in [0.15, 0.2) is 0 Å². The summed E-state index contributed by atoms with van der Waals surface area (Å²) in [6, 6.07) is 4.15. The highest BCUT2D eigenvalue weighted by Crippen LogP contribution is 2.38. The molecule has 0 saturated heterocycles. The van der Waals surface area contributed by atoms with Crippen LogP contribution in [-0.4, -0.2) is 10.8 Å². The second-order valence-electron chi connectivity index (χ2n) is 6.52. The van der Waals surface area contributed by atoms with Crippen LogP contribution in [0.15, 0.2) is 18.3 Å². The lowest BCUT2D eigenvalue weighted by Gasteiger charge is -2.31. The molecule has 20 heavy (non-hydrogen) atoms. The van der Waals surface area contributed by atoms with Gasteiger partial charge in [0.05, 0.1) is 11.6 Å². The van der Waals surface area contributed by atoms with Gasteiger partial charge < -0.3 is 0 Å². The monoisotopic (exact) mass is 271 g/mol. The first kappa shape index (κ1) is 13.8. The number of carbonyl (C=O) groups excluding carboxylic acids is 1. The maximum Gasteiger partial charge on any atom is 0.144 e. The lowest BCUT2D eigenvalue weighted by Crippen LogP contribution is -2.29. The summed E-state index contributed by atoms with van der Waals surface area (Å²) in [4.78, 5) is 17.4. The van der Waals surface area contributed by atoms with Crippen LogP contribution in [0.1, 0.15) is 69.0 Å². The zero-order valence-electron chi connectivity index (χ0n) is 12.5. The first-order chi connectivity index (χ1) is 9.79. The van der Waals surface area contributed by atoms with E-state index in [2.05, 4.69) is 18.0 Å². The number of aromatic nitrogens is 1. The van der Waals surface area contributed by atoms with Gasteiger partial charge in [-0.05, 0) is 62.5 Å². The summed E-state index contributed by atoms with van der Waals surface area (Å²) in [5, 5.41) is 0. The predicted octanol–water partition coefficient (Wildman–Crippen LogP) is 4.29. The summed E-state index contributed by atoms with van der Waals surface area (Å²) < 4.78 is 0. The SMILES string of the molecule is CCC1CCC(C(=O)C2CCCc3cccnc32)CC1. The smallest absolute Gasteiger partial charge is 0.144 e. The van der Waals surface area contributed by atoms with Gasteiger partial charge in [0, 0.05) is 12.1 Å². The summed E-state index contributed by atoms with van der Waals surface area (Å²) in [7, 11) is 0. The standard InChI is InChI=1S/C18H25NO/c1-2-13-8-10-15(11-9-13)18(20)16-7-3-5-14-6-4-12-19-17(14)16/h4,6,12-13,15-16H,2-3,5,7-11H2,1H3. The molecule has 2 heteroatoms. The molecular formula is C18H25NO. The predicted molar refractivity (Wildman–Crippen MR) is 80.7 cm³/mol. The van der Waals surface area contributed by atoms with Crippen molar-refractivity contribution in [3.05, 3.63) is 29.6 Å². The van der Waals surface area contributed by atoms with E-state index in [-0.39, 0.29) is 5.92 Å². The van der Waals surface area contributed by atoms with Gasteiger partial charge in [0.25, 0.3) is 0 Å². The number of pyridine rings is 1. The lowest BCUT2D eigenvalue weighted by atomic mass is 9.73. The number of fused-ring (bicyclic) bond motifs is 1. The minimum Gasteiger partial charge on any atom is -0.299 e. The molecule has 2 aliphatic rings. The first-order valence-electron chi connectivity index (χ1n) is 8.27. The minimum absolute atomic E-state index is 0.0862. The average molecular weight is 271 g/mol. The highest BCUT2D eigenvalue weighted by atomic mass is 16.1. The number of hydrogen-bond acceptors (Lipinski definition) is 2. The Morgan fingerprint density at radius 3 is 2.80 bits per heavy atom. The number of Topliss-reactive ketones (excluding diaryl/α,β-unsaturated/α-hetero) is 1. The Balaban J connectivity index is 1.72. The summed E-state index contributed by atoms with van der Waals surface area (Å²) >= 11 is 0. The van der Waals surface area contributed by atoms with Crippen LogP contribution in [0.2, 0.25) is 0 Å². The molecule has 3 rings (SSSR count). The second-order valence-corrected chi connectivity index (χ2v) is 6.52. The van der Waals surface area contributed by atoms with E-state index in [1.54, 1.807) is 0 Å². The third-order valence-corrected chi connectivity index (χ3v) is 5.36. The van der Waals surface area contributed by atoms with Crippen LogP contribution in [0.3, 0.4) is 0 Å². The molecular weight excluding hydrogens is 246 g/mol. The highest BCUT2D eigenvalue weighted by molar-refractivity contribution is 5.88. The van der Waals surface area contributed by atoms with Gasteiger partial charge in [-0.1, -0.05) is 19.4 Å². The van der Waals surface area contributed by atoms with E-state index >= 15 is 0 Å². The van der Waals surface area contributed by atoms with Crippen molar-refractivity contribution in [3.8, 4) is 0 Å². The fraction of sp³-hybridized carbons (Fsp3) is 0.667. The van der Waals surface area contributed by atoms with E-state index in [1.165, 1.54) is 24.8 Å². The molecule has 2 nitrogen and oxygen atoms in total. The Kier molecular flexibility index (Phi) is 4.18. The van der Waals surface area contributed by atoms with Crippen LogP contribution >= 0.6 is 0 Å². The number of hydrogen-bond donors (Lipinski definition) is 0. The van der Waals surface area contributed by atoms with Gasteiger partial charge in [-0.15, -0.1) is 0 Å². The molecule has 1 saturated carbocycles. The fourth-order valence-corrected chi connectivity index (χ4v) is 4.03. The molecule has 1 unspecified atom stereocenters. The van der Waals surface area contributed by atoms with Gasteiger partial charge in [0.1, 0.15) is 5.78 Å². The molecule has 0 radical (unpaired) electrons. The van der Waals surface area contributed by atoms with Crippen LogP contribution in [0.4, 0.5) is 0 Å². The van der Waals surface area contributed by atoms with Crippen molar-refractivity contribution in [2.24, 2.45) is 11.8 Å². The van der Waals surface area contributed by atoms with E-state index in [1.807, 2.05) is 12.3 Å². The zero-order valence-corrected chi connectivity index (χ0v) is 12.5. The number of nitrogens with zero attached hydrogens (tertiary/aromatic N) is 1. The molecule has 108 valence electrons. The van der Waals surface area contributed by atoms with Crippen molar-refractivity contribution in [1.82, 2.24) is 4.98 Å². The normalized spacial score (nSPS) is 29.8. The van der Waals surface area contributed by atoms with Crippen LogP contribution < -0.4 is 0 Å². The molecule has 0 amide bonds. The van der Waals surface area contributed by atoms with Crippen molar-refractivity contribution >= 4 is 5.78 Å². The zero-order chi connectivity index (χ0) is 13.9. The summed E-state index contributed by atoms with van der Waals surface area (Å²) in [6.45, 7) is 2.27. The second kappa shape index (κ2) is 6.07. The van der Waals surface area contributed by atoms with Gasteiger partial charge in [-0.2, -0.15) is 0 Å². The van der Waals surface area contributed by atoms with Crippen molar-refractivity contribution in [3.63, 3.8) is 0 Å². The van der Waals surface area contributed by atoms with E-state index in [4.69, 9.17) is 0 Å². The molecule has 1 aromatic heterocycles. The molecule has 2 aliphatic carbocycles. The van der Waals surface area contributed by atoms with E-state index in [9.17, 15) is 4.79 Å². The molecule has 0 aromatic carbocycles. The largest absolute Gasteiger partial charge is 0.299 e. The Labute approximate surface area is 122 Å². The molecule has 0 bridgehead atoms. The van der Waals surface area contributed by atoms with Crippen molar-refractivity contribution < 1.29 is 4.79 Å².